The molecule has 11 heteroatoms. The van der Waals surface area contributed by atoms with E-state index in [1.807, 2.05) is 71.3 Å². The lowest BCUT2D eigenvalue weighted by atomic mass is 9.76. The molecule has 2 aromatic rings. The first kappa shape index (κ1) is 34.8. The number of Topliss-reactive ketones (excluding diaryl/α,β-unsaturated/α-hetero) is 2. The minimum Gasteiger partial charge on any atom is -0.458 e. The number of allylic oxidation sites excluding steroid dienone is 2. The molecule has 46 heavy (non-hydrogen) atoms. The van der Waals surface area contributed by atoms with Crippen molar-refractivity contribution in [3.05, 3.63) is 42.1 Å². The molecule has 1 aromatic carbocycles. The van der Waals surface area contributed by atoms with Gasteiger partial charge in [-0.15, -0.1) is 5.10 Å². The number of hydrogen-bond acceptors (Lipinski definition) is 9. The summed E-state index contributed by atoms with van der Waals surface area (Å²) in [5.74, 6) is -3.31. The quantitative estimate of drug-likeness (QED) is 0.168. The van der Waals surface area contributed by atoms with Gasteiger partial charge in [-0.1, -0.05) is 56.7 Å². The van der Waals surface area contributed by atoms with Crippen LogP contribution in [-0.4, -0.2) is 74.9 Å². The molecule has 0 spiro atoms. The molecular formula is C35H49N5O6. The second kappa shape index (κ2) is 14.6. The highest BCUT2D eigenvalue weighted by Crippen LogP contribution is 2.41. The molecule has 1 fully saturated rings. The van der Waals surface area contributed by atoms with E-state index in [1.165, 1.54) is 0 Å². The van der Waals surface area contributed by atoms with Crippen LogP contribution in [0.2, 0.25) is 0 Å². The molecule has 0 aliphatic carbocycles. The molecule has 4 rings (SSSR count). The first-order chi connectivity index (χ1) is 21.8. The molecule has 1 aromatic heterocycles. The summed E-state index contributed by atoms with van der Waals surface area (Å²) < 4.78 is 13.8. The SMILES string of the molecule is CC[C@H]1OC(=O)[C@H](C)C(=O)[C@H](C)/C=C(/C)C[C@@H](C)C(=O)[C@H](C)[C@@H]2N(CCCCn3cc(-c4cccc(NC)c4)nn3)C(=O)O[C@@]21C. The van der Waals surface area contributed by atoms with Gasteiger partial charge in [-0.05, 0) is 58.6 Å². The van der Waals surface area contributed by atoms with Crippen molar-refractivity contribution in [3.63, 3.8) is 0 Å². The zero-order chi connectivity index (χ0) is 33.8. The van der Waals surface area contributed by atoms with Crippen LogP contribution >= 0.6 is 0 Å². The number of aryl methyl sites for hydroxylation is 1. The van der Waals surface area contributed by atoms with E-state index in [4.69, 9.17) is 9.47 Å². The Kier molecular flexibility index (Phi) is 11.1. The molecule has 2 aliphatic rings. The van der Waals surface area contributed by atoms with Gasteiger partial charge in [0.05, 0.1) is 12.2 Å². The van der Waals surface area contributed by atoms with Crippen LogP contribution in [0.5, 0.6) is 0 Å². The van der Waals surface area contributed by atoms with Crippen molar-refractivity contribution >= 4 is 29.3 Å². The first-order valence-electron chi connectivity index (χ1n) is 16.4. The Labute approximate surface area is 272 Å². The van der Waals surface area contributed by atoms with Crippen LogP contribution in [0.3, 0.4) is 0 Å². The number of carbonyl (C=O) groups is 4. The molecule has 2 aliphatic heterocycles. The Hall–Kier alpha value is -4.02. The van der Waals surface area contributed by atoms with Gasteiger partial charge in [0.25, 0.3) is 0 Å². The monoisotopic (exact) mass is 635 g/mol. The van der Waals surface area contributed by atoms with Crippen LogP contribution in [-0.2, 0) is 30.4 Å². The Bertz CT molecular complexity index is 1470. The summed E-state index contributed by atoms with van der Waals surface area (Å²) in [5.41, 5.74) is 2.34. The zero-order valence-corrected chi connectivity index (χ0v) is 28.4. The van der Waals surface area contributed by atoms with Gasteiger partial charge in [-0.2, -0.15) is 0 Å². The van der Waals surface area contributed by atoms with Crippen molar-refractivity contribution < 1.29 is 28.7 Å². The molecule has 7 atom stereocenters. The maximum Gasteiger partial charge on any atom is 0.410 e. The molecule has 11 nitrogen and oxygen atoms in total. The van der Waals surface area contributed by atoms with Crippen LogP contribution in [0.1, 0.15) is 74.1 Å². The van der Waals surface area contributed by atoms with E-state index in [9.17, 15) is 19.2 Å². The summed E-state index contributed by atoms with van der Waals surface area (Å²) in [6.45, 7) is 13.5. The Morgan fingerprint density at radius 1 is 1.04 bits per heavy atom. The number of amides is 1. The smallest absolute Gasteiger partial charge is 0.410 e. The lowest BCUT2D eigenvalue weighted by molar-refractivity contribution is -0.170. The molecule has 1 saturated heterocycles. The summed E-state index contributed by atoms with van der Waals surface area (Å²) in [6, 6.07) is 7.27. The predicted octanol–water partition coefficient (Wildman–Crippen LogP) is 5.70. The van der Waals surface area contributed by atoms with Crippen LogP contribution in [0.25, 0.3) is 11.3 Å². The van der Waals surface area contributed by atoms with Gasteiger partial charge in [0.15, 0.2) is 11.4 Å². The van der Waals surface area contributed by atoms with Crippen molar-refractivity contribution in [1.82, 2.24) is 19.9 Å². The van der Waals surface area contributed by atoms with Crippen molar-refractivity contribution in [2.45, 2.75) is 98.4 Å². The highest BCUT2D eigenvalue weighted by molar-refractivity contribution is 6.00. The number of rotatable bonds is 8. The molecule has 1 amide bonds. The molecular weight excluding hydrogens is 586 g/mol. The number of cyclic esters (lactones) is 1. The molecule has 250 valence electrons. The molecule has 0 bridgehead atoms. The fourth-order valence-corrected chi connectivity index (χ4v) is 7.04. The lowest BCUT2D eigenvalue weighted by Crippen LogP contribution is -2.57. The van der Waals surface area contributed by atoms with E-state index >= 15 is 0 Å². The maximum absolute atomic E-state index is 13.9. The van der Waals surface area contributed by atoms with E-state index in [1.54, 1.807) is 30.4 Å². The average Bonchev–Trinajstić information content (AvgIpc) is 3.61. The number of unbranched alkanes of at least 4 members (excludes halogenated alkanes) is 1. The molecule has 0 saturated carbocycles. The van der Waals surface area contributed by atoms with Gasteiger partial charge in [-0.25, -0.2) is 4.79 Å². The topological polar surface area (TPSA) is 133 Å². The number of benzene rings is 1. The Morgan fingerprint density at radius 2 is 1.76 bits per heavy atom. The van der Waals surface area contributed by atoms with Gasteiger partial charge in [0.2, 0.25) is 0 Å². The average molecular weight is 636 g/mol. The number of ketones is 2. The number of anilines is 1. The minimum atomic E-state index is -1.29. The third-order valence-corrected chi connectivity index (χ3v) is 9.56. The predicted molar refractivity (Wildman–Crippen MR) is 175 cm³/mol. The van der Waals surface area contributed by atoms with Crippen LogP contribution in [0.15, 0.2) is 42.1 Å². The summed E-state index contributed by atoms with van der Waals surface area (Å²) in [6.07, 6.45) is 4.51. The number of nitrogens with zero attached hydrogens (tertiary/aromatic N) is 4. The third-order valence-electron chi connectivity index (χ3n) is 9.56. The molecule has 1 N–H and O–H groups in total. The van der Waals surface area contributed by atoms with Crippen LogP contribution < -0.4 is 5.32 Å². The number of fused-ring (bicyclic) bond motifs is 1. The molecule has 0 unspecified atom stereocenters. The van der Waals surface area contributed by atoms with Gasteiger partial charge >= 0.3 is 12.1 Å². The van der Waals surface area contributed by atoms with Gasteiger partial charge in [-0.3, -0.25) is 19.1 Å². The second-order valence-corrected chi connectivity index (χ2v) is 13.2. The lowest BCUT2D eigenvalue weighted by Gasteiger charge is -2.40. The van der Waals surface area contributed by atoms with Crippen molar-refractivity contribution in [2.75, 3.05) is 18.9 Å². The fraction of sp³-hybridized carbons (Fsp3) is 0.600. The van der Waals surface area contributed by atoms with E-state index < -0.39 is 47.6 Å². The Morgan fingerprint density at radius 3 is 2.46 bits per heavy atom. The zero-order valence-electron chi connectivity index (χ0n) is 28.4. The summed E-state index contributed by atoms with van der Waals surface area (Å²) in [4.78, 5) is 55.4. The highest BCUT2D eigenvalue weighted by atomic mass is 16.6. The van der Waals surface area contributed by atoms with E-state index in [2.05, 4.69) is 15.6 Å². The summed E-state index contributed by atoms with van der Waals surface area (Å²) in [7, 11) is 1.87. The van der Waals surface area contributed by atoms with Crippen molar-refractivity contribution in [3.8, 4) is 11.3 Å². The van der Waals surface area contributed by atoms with Crippen LogP contribution in [0.4, 0.5) is 10.5 Å². The molecule has 0 radical (unpaired) electrons. The molecule has 3 heterocycles. The van der Waals surface area contributed by atoms with Crippen molar-refractivity contribution in [1.29, 1.82) is 0 Å². The number of aromatic nitrogens is 3. The largest absolute Gasteiger partial charge is 0.458 e. The van der Waals surface area contributed by atoms with Gasteiger partial charge < -0.3 is 19.7 Å². The number of esters is 1. The number of ether oxygens (including phenoxy) is 2. The fourth-order valence-electron chi connectivity index (χ4n) is 7.04. The third kappa shape index (κ3) is 7.34. The van der Waals surface area contributed by atoms with E-state index in [0.717, 1.165) is 22.5 Å². The standard InChI is InChI=1S/C35H49N5O6/c1-9-29-35(7)32(24(5)30(41)22(3)17-21(2)18-23(4)31(42)25(6)33(43)45-29)40(34(44)46-35)16-11-10-15-39-20-28(37-38-39)26-13-12-14-27(19-26)36-8/h12-14,18-20,22-25,29,32,36H,9-11,15-17H2,1-8H3/b21-18-/t22-,23-,24+,25-,29-,32+,35-/m1/s1. The number of nitrogens with one attached hydrogen (secondary N) is 1. The van der Waals surface area contributed by atoms with E-state index in [-0.39, 0.29) is 17.5 Å². The summed E-state index contributed by atoms with van der Waals surface area (Å²) in [5, 5.41) is 11.7. The normalized spacial score (nSPS) is 30.6. The summed E-state index contributed by atoms with van der Waals surface area (Å²) >= 11 is 0. The van der Waals surface area contributed by atoms with Crippen LogP contribution in [0, 0.1) is 23.7 Å². The van der Waals surface area contributed by atoms with Crippen molar-refractivity contribution in [2.24, 2.45) is 23.7 Å². The number of hydrogen-bond donors (Lipinski definition) is 1. The highest BCUT2D eigenvalue weighted by Gasteiger charge is 2.59. The van der Waals surface area contributed by atoms with Gasteiger partial charge in [0.1, 0.15) is 23.5 Å². The first-order valence-corrected chi connectivity index (χ1v) is 16.4. The number of carbonyl (C=O) groups excluding carboxylic acids is 4. The van der Waals surface area contributed by atoms with E-state index in [0.29, 0.717) is 38.8 Å². The minimum absolute atomic E-state index is 0.00431. The second-order valence-electron chi connectivity index (χ2n) is 13.2. The Balaban J connectivity index is 1.54. The van der Waals surface area contributed by atoms with Gasteiger partial charge in [0, 0.05) is 49.1 Å². The maximum atomic E-state index is 13.9.